The third kappa shape index (κ3) is 4.96. The van der Waals surface area contributed by atoms with Gasteiger partial charge in [-0.2, -0.15) is 13.2 Å². The quantitative estimate of drug-likeness (QED) is 0.412. The first kappa shape index (κ1) is 29.5. The van der Waals surface area contributed by atoms with E-state index < -0.39 is 35.5 Å². The highest BCUT2D eigenvalue weighted by atomic mass is 35.5. The number of esters is 1. The molecule has 40 heavy (non-hydrogen) atoms. The molecule has 0 bridgehead atoms. The van der Waals surface area contributed by atoms with Crippen molar-refractivity contribution < 1.29 is 42.2 Å². The second-order valence-electron chi connectivity index (χ2n) is 9.87. The topological polar surface area (TPSA) is 104 Å². The van der Waals surface area contributed by atoms with Gasteiger partial charge in [-0.05, 0) is 61.6 Å². The molecule has 0 radical (unpaired) electrons. The van der Waals surface area contributed by atoms with E-state index in [0.29, 0.717) is 24.5 Å². The number of carbonyl (C=O) groups excluding carboxylic acids is 3. The van der Waals surface area contributed by atoms with Gasteiger partial charge in [0.1, 0.15) is 5.54 Å². The number of piperidine rings is 1. The first-order valence-electron chi connectivity index (χ1n) is 12.7. The number of hydrogen-bond acceptors (Lipinski definition) is 6. The van der Waals surface area contributed by atoms with Crippen molar-refractivity contribution in [1.29, 1.82) is 0 Å². The van der Waals surface area contributed by atoms with Gasteiger partial charge in [0.2, 0.25) is 11.8 Å². The van der Waals surface area contributed by atoms with E-state index in [2.05, 4.69) is 4.90 Å². The summed E-state index contributed by atoms with van der Waals surface area (Å²) in [7, 11) is 1.37. The van der Waals surface area contributed by atoms with Crippen LogP contribution >= 0.6 is 11.6 Å². The Morgan fingerprint density at radius 3 is 2.27 bits per heavy atom. The van der Waals surface area contributed by atoms with Gasteiger partial charge in [0, 0.05) is 17.6 Å². The molecule has 1 N–H and O–H groups in total. The van der Waals surface area contributed by atoms with E-state index in [1.165, 1.54) is 12.0 Å². The Balaban J connectivity index is 0.000000470. The molecule has 0 saturated carbocycles. The molecule has 12 heteroatoms. The number of nitrogens with zero attached hydrogens (tertiary/aromatic N) is 2. The molecule has 0 aromatic heterocycles. The number of alkyl halides is 3. The summed E-state index contributed by atoms with van der Waals surface area (Å²) in [5.41, 5.74) is 1.86. The molecule has 0 aliphatic carbocycles. The number of imide groups is 1. The Labute approximate surface area is 233 Å². The molecule has 2 aromatic carbocycles. The maximum absolute atomic E-state index is 13.4. The third-order valence-corrected chi connectivity index (χ3v) is 8.10. The van der Waals surface area contributed by atoms with E-state index in [-0.39, 0.29) is 17.9 Å². The number of fused-ring (bicyclic) bond motifs is 3. The van der Waals surface area contributed by atoms with Crippen molar-refractivity contribution in [2.75, 3.05) is 20.2 Å². The molecule has 3 fully saturated rings. The van der Waals surface area contributed by atoms with Crippen molar-refractivity contribution in [3.05, 3.63) is 59.1 Å². The van der Waals surface area contributed by atoms with E-state index in [0.717, 1.165) is 29.5 Å². The molecule has 2 aromatic rings. The van der Waals surface area contributed by atoms with Crippen LogP contribution in [0.25, 0.3) is 11.1 Å². The molecule has 0 spiro atoms. The first-order valence-corrected chi connectivity index (χ1v) is 13.1. The molecule has 3 aliphatic rings. The van der Waals surface area contributed by atoms with Crippen molar-refractivity contribution in [2.45, 2.75) is 43.9 Å². The summed E-state index contributed by atoms with van der Waals surface area (Å²) in [5, 5.41) is 7.79. The van der Waals surface area contributed by atoms with Gasteiger partial charge in [-0.25, -0.2) is 4.79 Å². The molecule has 4 atom stereocenters. The molecule has 214 valence electrons. The predicted octanol–water partition coefficient (Wildman–Crippen LogP) is 4.71. The molecular formula is C28H28ClF3N2O6. The van der Waals surface area contributed by atoms with Crippen molar-refractivity contribution in [2.24, 2.45) is 11.8 Å². The van der Waals surface area contributed by atoms with E-state index in [1.807, 2.05) is 48.5 Å². The van der Waals surface area contributed by atoms with Gasteiger partial charge in [0.25, 0.3) is 0 Å². The van der Waals surface area contributed by atoms with Crippen LogP contribution in [0.3, 0.4) is 0 Å². The Kier molecular flexibility index (Phi) is 8.28. The van der Waals surface area contributed by atoms with Crippen LogP contribution in [0.2, 0.25) is 5.02 Å². The van der Waals surface area contributed by atoms with Crippen LogP contribution in [0.1, 0.15) is 37.8 Å². The minimum absolute atomic E-state index is 0.186. The molecule has 3 aliphatic heterocycles. The zero-order chi connectivity index (χ0) is 29.4. The number of carboxylic acids is 1. The highest BCUT2D eigenvalue weighted by Crippen LogP contribution is 2.58. The fourth-order valence-electron chi connectivity index (χ4n) is 6.27. The Hall–Kier alpha value is -3.44. The summed E-state index contributed by atoms with van der Waals surface area (Å²) in [6.07, 6.45) is -2.83. The lowest BCUT2D eigenvalue weighted by Crippen LogP contribution is -2.59. The molecule has 8 nitrogen and oxygen atoms in total. The molecular weight excluding hydrogens is 553 g/mol. The smallest absolute Gasteiger partial charge is 0.475 e. The van der Waals surface area contributed by atoms with E-state index in [1.54, 1.807) is 6.92 Å². The Bertz CT molecular complexity index is 1320. The Morgan fingerprint density at radius 1 is 1.07 bits per heavy atom. The normalized spacial score (nSPS) is 26.1. The van der Waals surface area contributed by atoms with Crippen molar-refractivity contribution in [3.63, 3.8) is 0 Å². The lowest BCUT2D eigenvalue weighted by Gasteiger charge is -2.44. The number of likely N-dealkylation sites (tertiary alicyclic amines) is 1. The number of carbonyl (C=O) groups is 4. The van der Waals surface area contributed by atoms with Crippen LogP contribution in [0.4, 0.5) is 13.2 Å². The summed E-state index contributed by atoms with van der Waals surface area (Å²) in [5.74, 6) is -4.90. The second-order valence-corrected chi connectivity index (χ2v) is 10.3. The van der Waals surface area contributed by atoms with Crippen molar-refractivity contribution in [3.8, 4) is 11.1 Å². The summed E-state index contributed by atoms with van der Waals surface area (Å²) in [6, 6.07) is 15.3. The average molecular weight is 581 g/mol. The number of carboxylic acid groups (broad SMARTS) is 1. The summed E-state index contributed by atoms with van der Waals surface area (Å²) in [6.45, 7) is 2.76. The van der Waals surface area contributed by atoms with Gasteiger partial charge < -0.3 is 9.84 Å². The SMILES string of the molecule is CCN1C(=O)[C@H]2[C@@H](c3ccc(-c4cccc(Cl)c4)cc3)N3CCCC[C@@]3(C(=O)OC)[C@H]2C1=O.O=C(O)C(F)(F)F. The van der Waals surface area contributed by atoms with E-state index in [9.17, 15) is 27.6 Å². The number of halogens is 4. The van der Waals surface area contributed by atoms with E-state index >= 15 is 0 Å². The predicted molar refractivity (Wildman–Crippen MR) is 138 cm³/mol. The highest BCUT2D eigenvalue weighted by Gasteiger charge is 2.72. The largest absolute Gasteiger partial charge is 0.490 e. The Morgan fingerprint density at radius 2 is 1.73 bits per heavy atom. The second kappa shape index (κ2) is 11.2. The number of rotatable bonds is 4. The van der Waals surface area contributed by atoms with Crippen molar-refractivity contribution >= 4 is 35.4 Å². The maximum atomic E-state index is 13.4. The van der Waals surface area contributed by atoms with Crippen LogP contribution in [0.5, 0.6) is 0 Å². The molecule has 5 rings (SSSR count). The minimum atomic E-state index is -5.08. The van der Waals surface area contributed by atoms with Crippen LogP contribution < -0.4 is 0 Å². The van der Waals surface area contributed by atoms with Gasteiger partial charge in [-0.3, -0.25) is 24.2 Å². The number of methoxy groups -OCH3 is 1. The summed E-state index contributed by atoms with van der Waals surface area (Å²) < 4.78 is 37.0. The molecule has 3 heterocycles. The van der Waals surface area contributed by atoms with Gasteiger partial charge in [-0.1, -0.05) is 48.0 Å². The first-order chi connectivity index (χ1) is 18.9. The number of benzene rings is 2. The number of aliphatic carboxylic acids is 1. The van der Waals surface area contributed by atoms with Crippen molar-refractivity contribution in [1.82, 2.24) is 9.80 Å². The van der Waals surface area contributed by atoms with Crippen LogP contribution in [0, 0.1) is 11.8 Å². The van der Waals surface area contributed by atoms with Gasteiger partial charge in [0.05, 0.1) is 18.9 Å². The minimum Gasteiger partial charge on any atom is -0.475 e. The average Bonchev–Trinajstić information content (AvgIpc) is 3.38. The van der Waals surface area contributed by atoms with Crippen LogP contribution in [-0.4, -0.2) is 70.6 Å². The molecule has 2 amide bonds. The number of hydrogen-bond donors (Lipinski definition) is 1. The number of ether oxygens (including phenoxy) is 1. The lowest BCUT2D eigenvalue weighted by molar-refractivity contribution is -0.192. The third-order valence-electron chi connectivity index (χ3n) is 7.86. The summed E-state index contributed by atoms with van der Waals surface area (Å²) in [4.78, 5) is 52.4. The van der Waals surface area contributed by atoms with Gasteiger partial charge >= 0.3 is 18.1 Å². The van der Waals surface area contributed by atoms with Gasteiger partial charge in [-0.15, -0.1) is 0 Å². The zero-order valence-corrected chi connectivity index (χ0v) is 22.5. The van der Waals surface area contributed by atoms with E-state index in [4.69, 9.17) is 26.2 Å². The lowest BCUT2D eigenvalue weighted by atomic mass is 9.75. The zero-order valence-electron chi connectivity index (χ0n) is 21.8. The standard InChI is InChI=1S/C26H27ClN2O4.C2HF3O2/c1-3-28-23(30)20-21(24(28)31)26(25(32)33-2)13-4-5-14-29(26)22(20)17-11-9-16(10-12-17)18-7-6-8-19(27)15-18;3-2(4,5)1(6)7/h6-12,15,20-22H,3-5,13-14H2,1-2H3;(H,6,7)/t20-,21-,22-,26+;/m1./s1. The fourth-order valence-corrected chi connectivity index (χ4v) is 6.46. The fraction of sp³-hybridized carbons (Fsp3) is 0.429. The van der Waals surface area contributed by atoms with Crippen LogP contribution in [-0.2, 0) is 23.9 Å². The van der Waals surface area contributed by atoms with Crippen LogP contribution in [0.15, 0.2) is 48.5 Å². The maximum Gasteiger partial charge on any atom is 0.490 e. The molecule has 3 saturated heterocycles. The monoisotopic (exact) mass is 580 g/mol. The number of amides is 2. The molecule has 0 unspecified atom stereocenters. The summed E-state index contributed by atoms with van der Waals surface area (Å²) >= 11 is 6.16. The highest BCUT2D eigenvalue weighted by molar-refractivity contribution is 6.30. The van der Waals surface area contributed by atoms with Gasteiger partial charge in [0.15, 0.2) is 0 Å².